The van der Waals surface area contributed by atoms with Crippen molar-refractivity contribution in [2.45, 2.75) is 64.5 Å². The first-order chi connectivity index (χ1) is 11.2. The van der Waals surface area contributed by atoms with Gasteiger partial charge in [-0.2, -0.15) is 0 Å². The standard InChI is InChI=1S/C17H27N5O/c1-2-5-17(6-7-17)16(23)21-9-3-13(4-10-21)15-20-19-14-12-18-8-11-22(14)15/h13,18H,2-12H2,1H3. The van der Waals surface area contributed by atoms with E-state index in [0.717, 1.165) is 82.9 Å². The van der Waals surface area contributed by atoms with Gasteiger partial charge in [-0.1, -0.05) is 13.3 Å². The van der Waals surface area contributed by atoms with Crippen molar-refractivity contribution in [2.75, 3.05) is 19.6 Å². The number of rotatable bonds is 4. The van der Waals surface area contributed by atoms with E-state index >= 15 is 0 Å². The fraction of sp³-hybridized carbons (Fsp3) is 0.824. The van der Waals surface area contributed by atoms with Crippen molar-refractivity contribution in [3.63, 3.8) is 0 Å². The highest BCUT2D eigenvalue weighted by atomic mass is 16.2. The Morgan fingerprint density at radius 3 is 2.74 bits per heavy atom. The third-order valence-electron chi connectivity index (χ3n) is 5.83. The highest BCUT2D eigenvalue weighted by Crippen LogP contribution is 2.51. The molecule has 1 aromatic rings. The van der Waals surface area contributed by atoms with E-state index in [9.17, 15) is 4.79 Å². The zero-order valence-corrected chi connectivity index (χ0v) is 14.1. The maximum Gasteiger partial charge on any atom is 0.228 e. The number of likely N-dealkylation sites (tertiary alicyclic amines) is 1. The smallest absolute Gasteiger partial charge is 0.228 e. The number of carbonyl (C=O) groups excluding carboxylic acids is 1. The Bertz CT molecular complexity index is 584. The van der Waals surface area contributed by atoms with Gasteiger partial charge in [0, 0.05) is 37.5 Å². The Balaban J connectivity index is 1.40. The number of piperidine rings is 1. The van der Waals surface area contributed by atoms with Gasteiger partial charge in [-0.15, -0.1) is 10.2 Å². The molecular formula is C17H27N5O. The summed E-state index contributed by atoms with van der Waals surface area (Å²) in [5.74, 6) is 3.08. The largest absolute Gasteiger partial charge is 0.342 e. The maximum absolute atomic E-state index is 12.8. The van der Waals surface area contributed by atoms with Gasteiger partial charge in [-0.25, -0.2) is 0 Å². The lowest BCUT2D eigenvalue weighted by atomic mass is 9.92. The summed E-state index contributed by atoms with van der Waals surface area (Å²) in [4.78, 5) is 14.9. The van der Waals surface area contributed by atoms with E-state index in [-0.39, 0.29) is 5.41 Å². The van der Waals surface area contributed by atoms with E-state index in [2.05, 4.69) is 31.9 Å². The van der Waals surface area contributed by atoms with E-state index in [1.54, 1.807) is 0 Å². The van der Waals surface area contributed by atoms with Crippen LogP contribution in [-0.4, -0.2) is 45.2 Å². The van der Waals surface area contributed by atoms with Crippen LogP contribution in [0.5, 0.6) is 0 Å². The highest BCUT2D eigenvalue weighted by molar-refractivity contribution is 5.85. The molecule has 0 aromatic carbocycles. The number of fused-ring (bicyclic) bond motifs is 1. The monoisotopic (exact) mass is 317 g/mol. The van der Waals surface area contributed by atoms with E-state index in [4.69, 9.17) is 0 Å². The van der Waals surface area contributed by atoms with Gasteiger partial charge in [0.15, 0.2) is 0 Å². The second kappa shape index (κ2) is 5.89. The summed E-state index contributed by atoms with van der Waals surface area (Å²) in [6, 6.07) is 0. The van der Waals surface area contributed by atoms with Crippen LogP contribution in [0.4, 0.5) is 0 Å². The third kappa shape index (κ3) is 2.67. The molecule has 1 N–H and O–H groups in total. The number of hydrogen-bond donors (Lipinski definition) is 1. The summed E-state index contributed by atoms with van der Waals surface area (Å²) in [5.41, 5.74) is 0.0152. The van der Waals surface area contributed by atoms with Crippen LogP contribution in [0.1, 0.15) is 63.0 Å². The van der Waals surface area contributed by atoms with Crippen molar-refractivity contribution in [1.29, 1.82) is 0 Å². The van der Waals surface area contributed by atoms with E-state index in [0.29, 0.717) is 11.8 Å². The van der Waals surface area contributed by atoms with Crippen LogP contribution in [0.25, 0.3) is 0 Å². The first-order valence-corrected chi connectivity index (χ1v) is 9.15. The number of carbonyl (C=O) groups is 1. The molecule has 6 heteroatoms. The molecular weight excluding hydrogens is 290 g/mol. The zero-order valence-electron chi connectivity index (χ0n) is 14.1. The molecule has 23 heavy (non-hydrogen) atoms. The van der Waals surface area contributed by atoms with Crippen LogP contribution in [0.15, 0.2) is 0 Å². The van der Waals surface area contributed by atoms with Gasteiger partial charge < -0.3 is 14.8 Å². The molecule has 0 spiro atoms. The molecule has 126 valence electrons. The van der Waals surface area contributed by atoms with Crippen molar-refractivity contribution in [2.24, 2.45) is 5.41 Å². The van der Waals surface area contributed by atoms with Crippen molar-refractivity contribution in [3.8, 4) is 0 Å². The summed E-state index contributed by atoms with van der Waals surface area (Å²) in [5, 5.41) is 12.1. The zero-order chi connectivity index (χ0) is 15.9. The van der Waals surface area contributed by atoms with Crippen LogP contribution >= 0.6 is 0 Å². The molecule has 0 unspecified atom stereocenters. The number of nitrogens with zero attached hydrogens (tertiary/aromatic N) is 4. The Labute approximate surface area is 137 Å². The van der Waals surface area contributed by atoms with Gasteiger partial charge in [0.25, 0.3) is 0 Å². The molecule has 1 aromatic heterocycles. The molecule has 0 radical (unpaired) electrons. The number of amides is 1. The summed E-state index contributed by atoms with van der Waals surface area (Å²) >= 11 is 0. The lowest BCUT2D eigenvalue weighted by Gasteiger charge is -2.34. The van der Waals surface area contributed by atoms with Gasteiger partial charge in [0.1, 0.15) is 11.6 Å². The molecule has 2 fully saturated rings. The first-order valence-electron chi connectivity index (χ1n) is 9.15. The fourth-order valence-corrected chi connectivity index (χ4v) is 4.29. The van der Waals surface area contributed by atoms with E-state index in [1.807, 2.05) is 0 Å². The summed E-state index contributed by atoms with van der Waals surface area (Å²) in [6.07, 6.45) is 6.44. The molecule has 0 atom stereocenters. The average Bonchev–Trinajstić information content (AvgIpc) is 3.25. The van der Waals surface area contributed by atoms with Crippen LogP contribution < -0.4 is 5.32 Å². The van der Waals surface area contributed by atoms with E-state index < -0.39 is 0 Å². The second-order valence-corrected chi connectivity index (χ2v) is 7.40. The van der Waals surface area contributed by atoms with Gasteiger partial charge >= 0.3 is 0 Å². The number of hydrogen-bond acceptors (Lipinski definition) is 4. The predicted molar refractivity (Wildman–Crippen MR) is 86.9 cm³/mol. The molecule has 1 saturated carbocycles. The molecule has 1 amide bonds. The van der Waals surface area contributed by atoms with Gasteiger partial charge in [0.05, 0.1) is 6.54 Å². The Morgan fingerprint density at radius 1 is 1.26 bits per heavy atom. The molecule has 6 nitrogen and oxygen atoms in total. The van der Waals surface area contributed by atoms with Crippen molar-refractivity contribution >= 4 is 5.91 Å². The predicted octanol–water partition coefficient (Wildman–Crippen LogP) is 1.67. The van der Waals surface area contributed by atoms with Crippen molar-refractivity contribution < 1.29 is 4.79 Å². The minimum Gasteiger partial charge on any atom is -0.342 e. The molecule has 0 bridgehead atoms. The number of aromatic nitrogens is 3. The molecule has 1 saturated heterocycles. The Kier molecular flexibility index (Phi) is 3.87. The SMILES string of the molecule is CCCC1(C(=O)N2CCC(c3nnc4n3CCNC4)CC2)CC1. The lowest BCUT2D eigenvalue weighted by molar-refractivity contribution is -0.138. The number of nitrogens with one attached hydrogen (secondary N) is 1. The quantitative estimate of drug-likeness (QED) is 0.917. The van der Waals surface area contributed by atoms with Gasteiger partial charge in [-0.05, 0) is 32.1 Å². The topological polar surface area (TPSA) is 63.1 Å². The second-order valence-electron chi connectivity index (χ2n) is 7.40. The van der Waals surface area contributed by atoms with Crippen LogP contribution in [0.3, 0.4) is 0 Å². The fourth-order valence-electron chi connectivity index (χ4n) is 4.29. The van der Waals surface area contributed by atoms with Gasteiger partial charge in [0.2, 0.25) is 5.91 Å². The third-order valence-corrected chi connectivity index (χ3v) is 5.83. The maximum atomic E-state index is 12.8. The molecule has 3 aliphatic rings. The minimum absolute atomic E-state index is 0.0152. The summed E-state index contributed by atoms with van der Waals surface area (Å²) in [7, 11) is 0. The minimum atomic E-state index is 0.0152. The Hall–Kier alpha value is -1.43. The average molecular weight is 317 g/mol. The first kappa shape index (κ1) is 15.1. The van der Waals surface area contributed by atoms with E-state index in [1.165, 1.54) is 0 Å². The van der Waals surface area contributed by atoms with Crippen LogP contribution in [0.2, 0.25) is 0 Å². The molecule has 1 aliphatic carbocycles. The molecule has 4 rings (SSSR count). The summed E-state index contributed by atoms with van der Waals surface area (Å²) in [6.45, 7) is 6.74. The van der Waals surface area contributed by atoms with Gasteiger partial charge in [-0.3, -0.25) is 4.79 Å². The van der Waals surface area contributed by atoms with Crippen LogP contribution in [-0.2, 0) is 17.9 Å². The molecule has 3 heterocycles. The van der Waals surface area contributed by atoms with Crippen molar-refractivity contribution in [1.82, 2.24) is 25.0 Å². The highest BCUT2D eigenvalue weighted by Gasteiger charge is 2.50. The Morgan fingerprint density at radius 2 is 2.04 bits per heavy atom. The lowest BCUT2D eigenvalue weighted by Crippen LogP contribution is -2.42. The van der Waals surface area contributed by atoms with Crippen molar-refractivity contribution in [3.05, 3.63) is 11.6 Å². The summed E-state index contributed by atoms with van der Waals surface area (Å²) < 4.78 is 2.29. The molecule has 2 aliphatic heterocycles. The van der Waals surface area contributed by atoms with Crippen LogP contribution in [0, 0.1) is 5.41 Å². The normalized spacial score (nSPS) is 23.6.